The number of hydrogen-bond donors (Lipinski definition) is 0. The van der Waals surface area contributed by atoms with E-state index >= 15 is 0 Å². The van der Waals surface area contributed by atoms with Crippen LogP contribution in [0.1, 0.15) is 13.8 Å². The summed E-state index contributed by atoms with van der Waals surface area (Å²) in [5.41, 5.74) is 1.05. The van der Waals surface area contributed by atoms with Gasteiger partial charge in [0.1, 0.15) is 0 Å². The lowest BCUT2D eigenvalue weighted by Crippen LogP contribution is -1.63. The molecular weight excluding hydrogens is 144 g/mol. The van der Waals surface area contributed by atoms with Crippen LogP contribution in [0.25, 0.3) is 0 Å². The fourth-order valence-corrected chi connectivity index (χ4v) is 0.427. The zero-order chi connectivity index (χ0) is 9.82. The summed E-state index contributed by atoms with van der Waals surface area (Å²) < 4.78 is 0. The molecule has 0 aliphatic heterocycles. The SMILES string of the molecule is C=CC.C=CC(C=C)=C/C=C\C. The molecule has 0 saturated heterocycles. The Bertz CT molecular complexity index is 170. The zero-order valence-corrected chi connectivity index (χ0v) is 8.09. The molecule has 0 heteroatoms. The summed E-state index contributed by atoms with van der Waals surface area (Å²) in [5.74, 6) is 0. The van der Waals surface area contributed by atoms with Crippen molar-refractivity contribution < 1.29 is 0 Å². The minimum Gasteiger partial charge on any atom is -0.103 e. The first-order valence-corrected chi connectivity index (χ1v) is 3.91. The molecule has 0 aromatic rings. The lowest BCUT2D eigenvalue weighted by Gasteiger charge is -1.84. The molecule has 0 nitrogen and oxygen atoms in total. The van der Waals surface area contributed by atoms with E-state index in [0.29, 0.717) is 0 Å². The van der Waals surface area contributed by atoms with Crippen LogP contribution >= 0.6 is 0 Å². The zero-order valence-electron chi connectivity index (χ0n) is 8.09. The Morgan fingerprint density at radius 3 is 1.67 bits per heavy atom. The van der Waals surface area contributed by atoms with Crippen molar-refractivity contribution in [1.29, 1.82) is 0 Å². The Morgan fingerprint density at radius 2 is 1.42 bits per heavy atom. The Balaban J connectivity index is 0. The van der Waals surface area contributed by atoms with Crippen LogP contribution in [0.5, 0.6) is 0 Å². The Kier molecular flexibility index (Phi) is 13.7. The van der Waals surface area contributed by atoms with Crippen molar-refractivity contribution in [1.82, 2.24) is 0 Å². The Hall–Kier alpha value is -1.30. The molecule has 0 radical (unpaired) electrons. The Labute approximate surface area is 76.3 Å². The second-order valence-corrected chi connectivity index (χ2v) is 2.01. The maximum Gasteiger partial charge on any atom is -0.0269 e. The van der Waals surface area contributed by atoms with Crippen LogP contribution in [0.2, 0.25) is 0 Å². The van der Waals surface area contributed by atoms with E-state index in [0.717, 1.165) is 5.57 Å². The van der Waals surface area contributed by atoms with Gasteiger partial charge in [-0.1, -0.05) is 49.6 Å². The summed E-state index contributed by atoms with van der Waals surface area (Å²) in [6.45, 7) is 14.4. The predicted octanol–water partition coefficient (Wildman–Crippen LogP) is 4.05. The van der Waals surface area contributed by atoms with E-state index in [1.165, 1.54) is 0 Å². The molecule has 0 atom stereocenters. The van der Waals surface area contributed by atoms with Crippen LogP contribution in [-0.4, -0.2) is 0 Å². The van der Waals surface area contributed by atoms with Gasteiger partial charge in [0.25, 0.3) is 0 Å². The van der Waals surface area contributed by atoms with Crippen molar-refractivity contribution in [3.8, 4) is 0 Å². The van der Waals surface area contributed by atoms with Gasteiger partial charge in [-0.15, -0.1) is 6.58 Å². The van der Waals surface area contributed by atoms with Crippen LogP contribution < -0.4 is 0 Å². The molecule has 0 unspecified atom stereocenters. The van der Waals surface area contributed by atoms with Crippen LogP contribution in [0.4, 0.5) is 0 Å². The highest BCUT2D eigenvalue weighted by Gasteiger charge is 1.74. The highest BCUT2D eigenvalue weighted by atomic mass is 13.8. The first-order chi connectivity index (χ1) is 5.76. The molecule has 0 bridgehead atoms. The number of hydrogen-bond acceptors (Lipinski definition) is 0. The highest BCUT2D eigenvalue weighted by Crippen LogP contribution is 1.95. The fourth-order valence-electron chi connectivity index (χ4n) is 0.427. The molecule has 12 heavy (non-hydrogen) atoms. The molecule has 0 aliphatic rings. The standard InChI is InChI=1S/C9H12.C3H6/c1-4-7-8-9(5-2)6-3;1-3-2/h4-8H,2-3H2,1H3;3H,1H2,2H3/b7-4-;. The van der Waals surface area contributed by atoms with E-state index in [4.69, 9.17) is 0 Å². The maximum absolute atomic E-state index is 3.61. The highest BCUT2D eigenvalue weighted by molar-refractivity contribution is 5.30. The first-order valence-electron chi connectivity index (χ1n) is 3.91. The van der Waals surface area contributed by atoms with Crippen molar-refractivity contribution in [2.24, 2.45) is 0 Å². The van der Waals surface area contributed by atoms with Crippen molar-refractivity contribution in [3.05, 3.63) is 61.8 Å². The second kappa shape index (κ2) is 12.4. The summed E-state index contributed by atoms with van der Waals surface area (Å²) in [6.07, 6.45) is 11.2. The summed E-state index contributed by atoms with van der Waals surface area (Å²) in [6, 6.07) is 0. The van der Waals surface area contributed by atoms with Crippen LogP contribution in [0.15, 0.2) is 61.8 Å². The topological polar surface area (TPSA) is 0 Å². The van der Waals surface area contributed by atoms with Gasteiger partial charge in [0.05, 0.1) is 0 Å². The van der Waals surface area contributed by atoms with E-state index in [1.807, 2.05) is 32.1 Å². The molecule has 0 heterocycles. The van der Waals surface area contributed by atoms with E-state index in [2.05, 4.69) is 19.7 Å². The number of allylic oxidation sites excluding steroid dienone is 7. The van der Waals surface area contributed by atoms with Gasteiger partial charge in [-0.2, -0.15) is 0 Å². The number of rotatable bonds is 3. The van der Waals surface area contributed by atoms with Crippen molar-refractivity contribution >= 4 is 0 Å². The van der Waals surface area contributed by atoms with Gasteiger partial charge in [-0.3, -0.25) is 0 Å². The smallest absolute Gasteiger partial charge is 0.0269 e. The molecule has 0 aliphatic carbocycles. The third kappa shape index (κ3) is 11.5. The molecule has 0 N–H and O–H groups in total. The minimum atomic E-state index is 1.05. The van der Waals surface area contributed by atoms with Crippen molar-refractivity contribution in [2.45, 2.75) is 13.8 Å². The molecule has 0 aromatic heterocycles. The quantitative estimate of drug-likeness (QED) is 0.434. The first kappa shape index (κ1) is 13.3. The molecule has 0 saturated carbocycles. The van der Waals surface area contributed by atoms with Crippen molar-refractivity contribution in [2.75, 3.05) is 0 Å². The van der Waals surface area contributed by atoms with E-state index < -0.39 is 0 Å². The molecule has 0 amide bonds. The molecule has 0 fully saturated rings. The van der Waals surface area contributed by atoms with Gasteiger partial charge in [-0.25, -0.2) is 0 Å². The van der Waals surface area contributed by atoms with E-state index in [9.17, 15) is 0 Å². The van der Waals surface area contributed by atoms with Gasteiger partial charge >= 0.3 is 0 Å². The van der Waals surface area contributed by atoms with E-state index in [-0.39, 0.29) is 0 Å². The average molecular weight is 162 g/mol. The fraction of sp³-hybridized carbons (Fsp3) is 0.167. The Morgan fingerprint density at radius 1 is 1.00 bits per heavy atom. The predicted molar refractivity (Wildman–Crippen MR) is 59.2 cm³/mol. The van der Waals surface area contributed by atoms with Crippen LogP contribution in [0, 0.1) is 0 Å². The van der Waals surface area contributed by atoms with Crippen molar-refractivity contribution in [3.63, 3.8) is 0 Å². The summed E-state index contributed by atoms with van der Waals surface area (Å²) >= 11 is 0. The van der Waals surface area contributed by atoms with Gasteiger partial charge in [0, 0.05) is 0 Å². The van der Waals surface area contributed by atoms with E-state index in [1.54, 1.807) is 18.2 Å². The third-order valence-electron chi connectivity index (χ3n) is 0.953. The average Bonchev–Trinajstić information content (AvgIpc) is 2.08. The molecular formula is C12H18. The summed E-state index contributed by atoms with van der Waals surface area (Å²) in [7, 11) is 0. The van der Waals surface area contributed by atoms with Gasteiger partial charge < -0.3 is 0 Å². The second-order valence-electron chi connectivity index (χ2n) is 2.01. The third-order valence-corrected chi connectivity index (χ3v) is 0.953. The summed E-state index contributed by atoms with van der Waals surface area (Å²) in [5, 5.41) is 0. The minimum absolute atomic E-state index is 1.05. The summed E-state index contributed by atoms with van der Waals surface area (Å²) in [4.78, 5) is 0. The van der Waals surface area contributed by atoms with Crippen LogP contribution in [-0.2, 0) is 0 Å². The molecule has 0 rings (SSSR count). The maximum atomic E-state index is 3.61. The monoisotopic (exact) mass is 162 g/mol. The van der Waals surface area contributed by atoms with Gasteiger partial charge in [0.2, 0.25) is 0 Å². The molecule has 0 spiro atoms. The molecule has 66 valence electrons. The van der Waals surface area contributed by atoms with Gasteiger partial charge in [0.15, 0.2) is 0 Å². The molecule has 0 aromatic carbocycles. The lowest BCUT2D eigenvalue weighted by molar-refractivity contribution is 1.67. The normalized spacial score (nSPS) is 7.83. The van der Waals surface area contributed by atoms with Gasteiger partial charge in [-0.05, 0) is 19.4 Å². The lowest BCUT2D eigenvalue weighted by atomic mass is 10.2. The van der Waals surface area contributed by atoms with Crippen LogP contribution in [0.3, 0.4) is 0 Å². The largest absolute Gasteiger partial charge is 0.103 e.